The second-order valence-corrected chi connectivity index (χ2v) is 8.42. The van der Waals surface area contributed by atoms with Crippen molar-refractivity contribution in [2.45, 2.75) is 122 Å². The van der Waals surface area contributed by atoms with E-state index >= 15 is 0 Å². The van der Waals surface area contributed by atoms with Crippen LogP contribution in [0.1, 0.15) is 110 Å². The first-order chi connectivity index (χ1) is 15.4. The second-order valence-electron chi connectivity index (χ2n) is 8.42. The maximum atomic E-state index is 11.7. The highest BCUT2D eigenvalue weighted by Crippen LogP contribution is 2.13. The number of carboxylic acid groups (broad SMARTS) is 1. The molecule has 0 bridgehead atoms. The Hall–Kier alpha value is -1.67. The van der Waals surface area contributed by atoms with Crippen molar-refractivity contribution < 1.29 is 39.2 Å². The van der Waals surface area contributed by atoms with E-state index in [0.717, 1.165) is 19.3 Å². The van der Waals surface area contributed by atoms with E-state index in [-0.39, 0.29) is 13.0 Å². The molecular weight excluding hydrogens is 416 g/mol. The summed E-state index contributed by atoms with van der Waals surface area (Å²) >= 11 is 0. The summed E-state index contributed by atoms with van der Waals surface area (Å²) in [6.07, 6.45) is 13.9. The average molecular weight is 461 g/mol. The Morgan fingerprint density at radius 2 is 1.06 bits per heavy atom. The van der Waals surface area contributed by atoms with Crippen LogP contribution in [-0.4, -0.2) is 58.6 Å². The van der Waals surface area contributed by atoms with Crippen LogP contribution in [-0.2, 0) is 23.9 Å². The molecule has 3 N–H and O–H groups in total. The van der Waals surface area contributed by atoms with E-state index in [1.165, 1.54) is 70.6 Å². The lowest BCUT2D eigenvalue weighted by atomic mass is 10.0. The fourth-order valence-electron chi connectivity index (χ4n) is 3.27. The maximum absolute atomic E-state index is 11.7. The van der Waals surface area contributed by atoms with Gasteiger partial charge in [-0.15, -0.1) is 0 Å². The van der Waals surface area contributed by atoms with Gasteiger partial charge < -0.3 is 24.8 Å². The lowest BCUT2D eigenvalue weighted by molar-refractivity contribution is -0.159. The number of unbranched alkanes of at least 4 members (excludes halogenated alkanes) is 13. The Balaban J connectivity index is 3.45. The molecule has 0 saturated heterocycles. The van der Waals surface area contributed by atoms with Gasteiger partial charge in [-0.25, -0.2) is 4.79 Å². The van der Waals surface area contributed by atoms with Crippen LogP contribution in [0, 0.1) is 0 Å². The monoisotopic (exact) mass is 460 g/mol. The van der Waals surface area contributed by atoms with Gasteiger partial charge in [0, 0.05) is 6.42 Å². The molecule has 0 aromatic heterocycles. The van der Waals surface area contributed by atoms with E-state index in [2.05, 4.69) is 11.7 Å². The normalized spacial score (nSPS) is 12.8. The fraction of sp³-hybridized carbons (Fsp3) is 0.875. The van der Waals surface area contributed by atoms with Crippen molar-refractivity contribution in [1.29, 1.82) is 0 Å². The molecule has 0 aliphatic carbocycles. The number of carboxylic acids is 1. The number of esters is 2. The zero-order valence-electron chi connectivity index (χ0n) is 19.8. The van der Waals surface area contributed by atoms with Crippen LogP contribution in [0.15, 0.2) is 0 Å². The van der Waals surface area contributed by atoms with Crippen molar-refractivity contribution in [3.05, 3.63) is 0 Å². The molecule has 2 atom stereocenters. The summed E-state index contributed by atoms with van der Waals surface area (Å²) in [6.45, 7) is 1.51. The lowest BCUT2D eigenvalue weighted by Crippen LogP contribution is -2.28. The van der Waals surface area contributed by atoms with E-state index in [1.807, 2.05) is 0 Å². The van der Waals surface area contributed by atoms with Crippen molar-refractivity contribution >= 4 is 17.9 Å². The van der Waals surface area contributed by atoms with Gasteiger partial charge in [0.1, 0.15) is 19.3 Å². The summed E-state index contributed by atoms with van der Waals surface area (Å²) in [4.78, 5) is 33.4. The van der Waals surface area contributed by atoms with Gasteiger partial charge >= 0.3 is 17.9 Å². The van der Waals surface area contributed by atoms with Gasteiger partial charge in [0.05, 0.1) is 6.42 Å². The van der Waals surface area contributed by atoms with Gasteiger partial charge in [-0.3, -0.25) is 9.59 Å². The molecule has 0 heterocycles. The molecule has 32 heavy (non-hydrogen) atoms. The van der Waals surface area contributed by atoms with Crippen LogP contribution in [0.25, 0.3) is 0 Å². The Kier molecular flexibility index (Phi) is 20.1. The Morgan fingerprint density at radius 3 is 1.50 bits per heavy atom. The molecule has 0 aliphatic heterocycles. The molecule has 0 aromatic carbocycles. The molecule has 188 valence electrons. The van der Waals surface area contributed by atoms with Gasteiger partial charge in [0.25, 0.3) is 0 Å². The number of ether oxygens (including phenoxy) is 2. The number of rotatable bonds is 22. The number of hydrogen-bond acceptors (Lipinski definition) is 7. The molecule has 8 nitrogen and oxygen atoms in total. The zero-order chi connectivity index (χ0) is 24.0. The summed E-state index contributed by atoms with van der Waals surface area (Å²) in [5, 5.41) is 27.2. The van der Waals surface area contributed by atoms with Crippen molar-refractivity contribution in [3.8, 4) is 0 Å². The molecule has 0 aromatic rings. The first kappa shape index (κ1) is 30.3. The second kappa shape index (κ2) is 21.2. The van der Waals surface area contributed by atoms with Gasteiger partial charge in [-0.2, -0.15) is 0 Å². The van der Waals surface area contributed by atoms with E-state index in [1.54, 1.807) is 0 Å². The number of hydrogen-bond donors (Lipinski definition) is 3. The Morgan fingerprint density at radius 1 is 0.656 bits per heavy atom. The molecule has 0 spiro atoms. The number of aliphatic hydroxyl groups excluding tert-OH is 2. The summed E-state index contributed by atoms with van der Waals surface area (Å²) < 4.78 is 9.59. The fourth-order valence-corrected chi connectivity index (χ4v) is 3.27. The average Bonchev–Trinajstić information content (AvgIpc) is 2.76. The molecular formula is C24H44O8. The van der Waals surface area contributed by atoms with Crippen molar-refractivity contribution in [3.63, 3.8) is 0 Å². The van der Waals surface area contributed by atoms with E-state index < -0.39 is 43.1 Å². The zero-order valence-corrected chi connectivity index (χ0v) is 19.8. The Labute approximate surface area is 192 Å². The van der Waals surface area contributed by atoms with Crippen LogP contribution in [0.2, 0.25) is 0 Å². The van der Waals surface area contributed by atoms with E-state index in [0.29, 0.717) is 0 Å². The minimum Gasteiger partial charge on any atom is -0.479 e. The van der Waals surface area contributed by atoms with Gasteiger partial charge in [-0.05, 0) is 6.42 Å². The van der Waals surface area contributed by atoms with Crippen LogP contribution < -0.4 is 0 Å². The summed E-state index contributed by atoms with van der Waals surface area (Å²) in [7, 11) is 0. The molecule has 0 amide bonds. The smallest absolute Gasteiger partial charge is 0.333 e. The minimum atomic E-state index is -1.84. The number of aliphatic hydroxyl groups is 2. The van der Waals surface area contributed by atoms with Crippen molar-refractivity contribution in [2.24, 2.45) is 0 Å². The molecule has 0 saturated carbocycles. The van der Waals surface area contributed by atoms with Gasteiger partial charge in [-0.1, -0.05) is 90.4 Å². The lowest BCUT2D eigenvalue weighted by Gasteiger charge is -2.12. The molecule has 0 aliphatic rings. The highest BCUT2D eigenvalue weighted by molar-refractivity contribution is 5.80. The Bertz CT molecular complexity index is 494. The minimum absolute atomic E-state index is 0.287. The van der Waals surface area contributed by atoms with Crippen LogP contribution in [0.5, 0.6) is 0 Å². The highest BCUT2D eigenvalue weighted by Gasteiger charge is 2.20. The molecule has 0 radical (unpaired) electrons. The summed E-state index contributed by atoms with van der Waals surface area (Å²) in [5.74, 6) is -2.89. The van der Waals surface area contributed by atoms with Crippen LogP contribution in [0.3, 0.4) is 0 Å². The first-order valence-electron chi connectivity index (χ1n) is 12.3. The molecule has 0 fully saturated rings. The first-order valence-corrected chi connectivity index (χ1v) is 12.3. The predicted molar refractivity (Wildman–Crippen MR) is 121 cm³/mol. The SMILES string of the molecule is CCCCCCCCCCCCCCCCC(=O)OCC(O)COC(=O)C[C@@H](O)C(=O)O. The number of aliphatic carboxylic acids is 1. The largest absolute Gasteiger partial charge is 0.479 e. The van der Waals surface area contributed by atoms with Crippen molar-refractivity contribution in [1.82, 2.24) is 0 Å². The highest BCUT2D eigenvalue weighted by atomic mass is 16.6. The summed E-state index contributed by atoms with van der Waals surface area (Å²) in [6, 6.07) is 0. The van der Waals surface area contributed by atoms with E-state index in [4.69, 9.17) is 14.9 Å². The predicted octanol–water partition coefficient (Wildman–Crippen LogP) is 4.14. The maximum Gasteiger partial charge on any atom is 0.333 e. The van der Waals surface area contributed by atoms with Gasteiger partial charge in [0.2, 0.25) is 0 Å². The topological polar surface area (TPSA) is 130 Å². The quantitative estimate of drug-likeness (QED) is 0.162. The van der Waals surface area contributed by atoms with Crippen molar-refractivity contribution in [2.75, 3.05) is 13.2 Å². The van der Waals surface area contributed by atoms with Crippen LogP contribution >= 0.6 is 0 Å². The third kappa shape index (κ3) is 20.2. The standard InChI is InChI=1S/C24H44O8/c1-2-3-4-5-6-7-8-9-10-11-12-13-14-15-16-22(27)31-18-20(25)19-32-23(28)17-21(26)24(29)30/h20-21,25-26H,2-19H2,1H3,(H,29,30)/t20?,21-/m1/s1. The summed E-state index contributed by atoms with van der Waals surface area (Å²) in [5.41, 5.74) is 0. The number of carbonyl (C=O) groups excluding carboxylic acids is 2. The van der Waals surface area contributed by atoms with Crippen LogP contribution in [0.4, 0.5) is 0 Å². The van der Waals surface area contributed by atoms with Gasteiger partial charge in [0.15, 0.2) is 6.10 Å². The third-order valence-corrected chi connectivity index (χ3v) is 5.25. The third-order valence-electron chi connectivity index (χ3n) is 5.25. The molecule has 0 rings (SSSR count). The molecule has 8 heteroatoms. The number of carbonyl (C=O) groups is 3. The van der Waals surface area contributed by atoms with E-state index in [9.17, 15) is 19.5 Å². The molecule has 1 unspecified atom stereocenters.